The summed E-state index contributed by atoms with van der Waals surface area (Å²) in [5, 5.41) is 33.6. The second kappa shape index (κ2) is 23.7. The van der Waals surface area contributed by atoms with Crippen molar-refractivity contribution in [3.05, 3.63) is 35.9 Å². The molecule has 0 aromatic heterocycles. The molecule has 0 aliphatic carbocycles. The molecule has 296 valence electrons. The van der Waals surface area contributed by atoms with E-state index in [-0.39, 0.29) is 18.8 Å². The molecule has 1 rings (SSSR count). The van der Waals surface area contributed by atoms with Gasteiger partial charge in [-0.1, -0.05) is 58.0 Å². The number of nitrogens with one attached hydrogen (secondary N) is 6. The summed E-state index contributed by atoms with van der Waals surface area (Å²) in [6.07, 6.45) is 1.59. The maximum atomic E-state index is 13.6. The molecule has 6 atom stereocenters. The van der Waals surface area contributed by atoms with Gasteiger partial charge in [0.1, 0.15) is 30.2 Å². The predicted octanol–water partition coefficient (Wildman–Crippen LogP) is -2.50. The van der Waals surface area contributed by atoms with Crippen molar-refractivity contribution in [2.45, 2.75) is 89.6 Å². The summed E-state index contributed by atoms with van der Waals surface area (Å²) in [6.45, 7) is 5.51. The first-order chi connectivity index (χ1) is 24.9. The van der Waals surface area contributed by atoms with Gasteiger partial charge in [-0.25, -0.2) is 0 Å². The zero-order chi connectivity index (χ0) is 40.2. The second-order valence-electron chi connectivity index (χ2n) is 13.1. The predicted molar refractivity (Wildman–Crippen MR) is 197 cm³/mol. The van der Waals surface area contributed by atoms with E-state index in [0.29, 0.717) is 17.7 Å². The molecule has 0 aliphatic heterocycles. The number of carbonyl (C=O) groups is 8. The normalized spacial score (nSPS) is 14.4. The minimum absolute atomic E-state index is 0.0258. The number of aliphatic hydroxyl groups is 1. The molecule has 7 amide bonds. The molecular weight excluding hydrogens is 712 g/mol. The van der Waals surface area contributed by atoms with Crippen LogP contribution in [0.3, 0.4) is 0 Å². The number of aliphatic hydroxyl groups excluding tert-OH is 1. The highest BCUT2D eigenvalue weighted by Crippen LogP contribution is 2.09. The van der Waals surface area contributed by atoms with Gasteiger partial charge in [0.05, 0.1) is 25.6 Å². The monoisotopic (exact) mass is 766 g/mol. The third-order valence-corrected chi connectivity index (χ3v) is 8.41. The van der Waals surface area contributed by atoms with E-state index in [1.165, 1.54) is 11.8 Å². The van der Waals surface area contributed by atoms with Crippen molar-refractivity contribution < 1.29 is 48.6 Å². The molecule has 6 unspecified atom stereocenters. The first kappa shape index (κ1) is 46.3. The summed E-state index contributed by atoms with van der Waals surface area (Å²) >= 11 is 1.48. The number of thioether (sulfide) groups is 1. The maximum Gasteiger partial charge on any atom is 0.305 e. The van der Waals surface area contributed by atoms with Gasteiger partial charge in [-0.15, -0.1) is 0 Å². The summed E-state index contributed by atoms with van der Waals surface area (Å²) in [5.41, 5.74) is 11.6. The van der Waals surface area contributed by atoms with Crippen LogP contribution >= 0.6 is 11.8 Å². The van der Waals surface area contributed by atoms with Crippen LogP contribution < -0.4 is 43.4 Å². The lowest BCUT2D eigenvalue weighted by atomic mass is 10.0. The SMILES string of the molecule is CSCCC(NC(=O)C(CC(C)C)NC(=O)CNC(=O)C(NC(=O)C(Cc1ccccc1)NC(=O)C(CO)NC(=O)C(N)CC(=O)O)C(C)C)C(N)=O. The number of nitrogens with two attached hydrogens (primary N) is 2. The van der Waals surface area contributed by atoms with Gasteiger partial charge in [0.15, 0.2) is 0 Å². The third-order valence-electron chi connectivity index (χ3n) is 7.76. The molecule has 1 aromatic carbocycles. The number of primary amides is 1. The molecule has 0 saturated heterocycles. The van der Waals surface area contributed by atoms with Gasteiger partial charge < -0.3 is 53.6 Å². The van der Waals surface area contributed by atoms with E-state index >= 15 is 0 Å². The van der Waals surface area contributed by atoms with Crippen molar-refractivity contribution in [1.82, 2.24) is 31.9 Å². The highest BCUT2D eigenvalue weighted by atomic mass is 32.2. The average molecular weight is 767 g/mol. The van der Waals surface area contributed by atoms with Crippen LogP contribution in [0.1, 0.15) is 52.5 Å². The van der Waals surface area contributed by atoms with Gasteiger partial charge in [-0.05, 0) is 42.2 Å². The van der Waals surface area contributed by atoms with Crippen molar-refractivity contribution in [3.63, 3.8) is 0 Å². The first-order valence-corrected chi connectivity index (χ1v) is 18.5. The summed E-state index contributed by atoms with van der Waals surface area (Å²) in [5.74, 6) is -6.87. The largest absolute Gasteiger partial charge is 0.481 e. The van der Waals surface area contributed by atoms with Crippen LogP contribution in [0.5, 0.6) is 0 Å². The zero-order valence-electron chi connectivity index (χ0n) is 30.7. The second-order valence-corrected chi connectivity index (χ2v) is 14.1. The number of benzene rings is 1. The molecule has 0 saturated carbocycles. The van der Waals surface area contributed by atoms with Gasteiger partial charge in [-0.3, -0.25) is 38.4 Å². The van der Waals surface area contributed by atoms with Crippen LogP contribution in [-0.4, -0.2) is 119 Å². The molecule has 0 spiro atoms. The first-order valence-electron chi connectivity index (χ1n) is 17.1. The van der Waals surface area contributed by atoms with Crippen LogP contribution in [0.15, 0.2) is 30.3 Å². The minimum Gasteiger partial charge on any atom is -0.481 e. The highest BCUT2D eigenvalue weighted by Gasteiger charge is 2.32. The number of aliphatic carboxylic acids is 1. The summed E-state index contributed by atoms with van der Waals surface area (Å²) < 4.78 is 0. The Morgan fingerprint density at radius 1 is 0.755 bits per heavy atom. The Balaban J connectivity index is 3.07. The number of amides is 7. The molecule has 19 heteroatoms. The molecule has 0 heterocycles. The fourth-order valence-electron chi connectivity index (χ4n) is 4.89. The molecule has 18 nitrogen and oxygen atoms in total. The Kier molecular flexibility index (Phi) is 20.7. The van der Waals surface area contributed by atoms with Crippen molar-refractivity contribution >= 4 is 59.1 Å². The number of carboxylic acid groups (broad SMARTS) is 1. The van der Waals surface area contributed by atoms with Crippen LogP contribution in [0.25, 0.3) is 0 Å². The minimum atomic E-state index is -1.59. The van der Waals surface area contributed by atoms with E-state index in [0.717, 1.165) is 0 Å². The quantitative estimate of drug-likeness (QED) is 0.0523. The lowest BCUT2D eigenvalue weighted by Crippen LogP contribution is -2.60. The molecule has 53 heavy (non-hydrogen) atoms. The number of rotatable bonds is 24. The topological polar surface area (TPSA) is 301 Å². The van der Waals surface area contributed by atoms with E-state index in [1.54, 1.807) is 44.2 Å². The van der Waals surface area contributed by atoms with E-state index in [2.05, 4.69) is 31.9 Å². The molecule has 0 bridgehead atoms. The van der Waals surface area contributed by atoms with E-state index in [9.17, 15) is 43.5 Å². The number of carboxylic acids is 1. The fraction of sp³-hybridized carbons (Fsp3) is 0.588. The Bertz CT molecular complexity index is 1410. The lowest BCUT2D eigenvalue weighted by Gasteiger charge is -2.27. The third kappa shape index (κ3) is 17.5. The van der Waals surface area contributed by atoms with Crippen molar-refractivity contribution in [2.24, 2.45) is 23.3 Å². The average Bonchev–Trinajstić information content (AvgIpc) is 3.08. The zero-order valence-corrected chi connectivity index (χ0v) is 31.5. The van der Waals surface area contributed by atoms with Gasteiger partial charge in [0, 0.05) is 6.42 Å². The van der Waals surface area contributed by atoms with Crippen molar-refractivity contribution in [1.29, 1.82) is 0 Å². The molecular formula is C34H54N8O10S. The van der Waals surface area contributed by atoms with Gasteiger partial charge in [0.25, 0.3) is 0 Å². The number of hydrogen-bond acceptors (Lipinski definition) is 11. The van der Waals surface area contributed by atoms with Crippen LogP contribution in [0.2, 0.25) is 0 Å². The van der Waals surface area contributed by atoms with Crippen LogP contribution in [0.4, 0.5) is 0 Å². The Morgan fingerprint density at radius 2 is 1.32 bits per heavy atom. The van der Waals surface area contributed by atoms with E-state index in [4.69, 9.17) is 16.6 Å². The highest BCUT2D eigenvalue weighted by molar-refractivity contribution is 7.98. The van der Waals surface area contributed by atoms with E-state index < -0.39 is 109 Å². The Labute approximate surface area is 313 Å². The Morgan fingerprint density at radius 3 is 1.85 bits per heavy atom. The van der Waals surface area contributed by atoms with Gasteiger partial charge in [0.2, 0.25) is 41.4 Å². The molecule has 0 fully saturated rings. The molecule has 0 aliphatic rings. The number of hydrogen-bond donors (Lipinski definition) is 10. The standard InChI is InChI=1S/C34H54N8O10S/c1-18(2)13-23(31(49)39-22(29(36)47)11-12-53-5)38-26(44)16-37-34(52)28(19(3)4)42-32(50)24(14-20-9-7-6-8-10-20)40-33(51)25(17-43)41-30(48)21(35)15-27(45)46/h6-10,18-19,21-25,28,43H,11-17,35H2,1-5H3,(H2,36,47)(H,37,52)(H,38,44)(H,39,49)(H,40,51)(H,41,48)(H,42,50)(H,45,46). The van der Waals surface area contributed by atoms with E-state index in [1.807, 2.05) is 20.1 Å². The van der Waals surface area contributed by atoms with Crippen molar-refractivity contribution in [2.75, 3.05) is 25.2 Å². The smallest absolute Gasteiger partial charge is 0.305 e. The van der Waals surface area contributed by atoms with Crippen LogP contribution in [-0.2, 0) is 44.8 Å². The van der Waals surface area contributed by atoms with Crippen LogP contribution in [0, 0.1) is 11.8 Å². The summed E-state index contributed by atoms with van der Waals surface area (Å²) in [4.78, 5) is 101. The van der Waals surface area contributed by atoms with Crippen molar-refractivity contribution in [3.8, 4) is 0 Å². The lowest BCUT2D eigenvalue weighted by molar-refractivity contribution is -0.140. The van der Waals surface area contributed by atoms with Gasteiger partial charge in [-0.2, -0.15) is 11.8 Å². The molecule has 0 radical (unpaired) electrons. The van der Waals surface area contributed by atoms with Gasteiger partial charge >= 0.3 is 5.97 Å². The summed E-state index contributed by atoms with van der Waals surface area (Å²) in [6, 6.07) is 0.971. The fourth-order valence-corrected chi connectivity index (χ4v) is 5.36. The maximum absolute atomic E-state index is 13.6. The summed E-state index contributed by atoms with van der Waals surface area (Å²) in [7, 11) is 0. The number of carbonyl (C=O) groups excluding carboxylic acids is 7. The Hall–Kier alpha value is -4.75. The molecule has 1 aromatic rings. The molecule has 12 N–H and O–H groups in total.